The van der Waals surface area contributed by atoms with E-state index in [-0.39, 0.29) is 0 Å². The zero-order chi connectivity index (χ0) is 35.0. The lowest BCUT2D eigenvalue weighted by Gasteiger charge is -2.10. The first-order chi connectivity index (χ1) is 25.8. The van der Waals surface area contributed by atoms with Crippen molar-refractivity contribution in [2.45, 2.75) is 0 Å². The Balaban J connectivity index is 1.18. The van der Waals surface area contributed by atoms with Crippen molar-refractivity contribution in [3.05, 3.63) is 235 Å². The van der Waals surface area contributed by atoms with Gasteiger partial charge in [-0.15, -0.1) is 22.7 Å². The molecule has 8 aromatic rings. The van der Waals surface area contributed by atoms with Crippen molar-refractivity contribution >= 4 is 81.0 Å². The van der Waals surface area contributed by atoms with Crippen LogP contribution in [0, 0.1) is 0 Å². The van der Waals surface area contributed by atoms with Crippen molar-refractivity contribution in [2.24, 2.45) is 0 Å². The van der Waals surface area contributed by atoms with E-state index in [9.17, 15) is 0 Å². The van der Waals surface area contributed by atoms with Crippen LogP contribution in [0.25, 0.3) is 58.4 Å². The Labute approximate surface area is 314 Å². The third kappa shape index (κ3) is 7.65. The maximum atomic E-state index is 2.33. The van der Waals surface area contributed by atoms with Crippen molar-refractivity contribution < 1.29 is 0 Å². The van der Waals surface area contributed by atoms with Crippen molar-refractivity contribution in [1.29, 1.82) is 0 Å². The quantitative estimate of drug-likeness (QED) is 0.125. The Morgan fingerprint density at radius 2 is 0.692 bits per heavy atom. The lowest BCUT2D eigenvalue weighted by Crippen LogP contribution is -1.88. The fourth-order valence-corrected chi connectivity index (χ4v) is 8.04. The first-order valence-electron chi connectivity index (χ1n) is 17.5. The molecule has 0 radical (unpaired) electrons. The Morgan fingerprint density at radius 1 is 0.327 bits per heavy atom. The summed E-state index contributed by atoms with van der Waals surface area (Å²) in [5.74, 6) is 0. The van der Waals surface area contributed by atoms with Crippen molar-refractivity contribution in [1.82, 2.24) is 0 Å². The molecule has 0 spiro atoms. The number of fused-ring (bicyclic) bond motifs is 1. The summed E-state index contributed by atoms with van der Waals surface area (Å²) in [5, 5.41) is 6.74. The van der Waals surface area contributed by atoms with Gasteiger partial charge in [0.25, 0.3) is 0 Å². The van der Waals surface area contributed by atoms with Gasteiger partial charge in [0.05, 0.1) is 0 Å². The second-order valence-electron chi connectivity index (χ2n) is 12.6. The molecule has 2 aromatic heterocycles. The molecular weight excluding hydrogens is 665 g/mol. The highest BCUT2D eigenvalue weighted by molar-refractivity contribution is 7.11. The zero-order valence-electron chi connectivity index (χ0n) is 28.6. The SMILES string of the molecule is C(=Cc1cc2ccccc2cc1C=Cc1ccccc1C=C(c1ccccc1)c1cccs1)c1ccccc1C=C(c1ccccc1)c1cccs1. The number of rotatable bonds is 10. The molecule has 0 amide bonds. The maximum absolute atomic E-state index is 2.33. The van der Waals surface area contributed by atoms with Gasteiger partial charge in [0.1, 0.15) is 0 Å². The first kappa shape index (κ1) is 33.1. The van der Waals surface area contributed by atoms with E-state index in [1.165, 1.54) is 76.2 Å². The van der Waals surface area contributed by atoms with Gasteiger partial charge in [0, 0.05) is 9.75 Å². The number of thiophene rings is 2. The lowest BCUT2D eigenvalue weighted by molar-refractivity contribution is 1.58. The average molecular weight is 701 g/mol. The molecule has 0 aliphatic carbocycles. The van der Waals surface area contributed by atoms with Crippen molar-refractivity contribution in [3.8, 4) is 0 Å². The fourth-order valence-electron chi connectivity index (χ4n) is 6.52. The molecule has 52 heavy (non-hydrogen) atoms. The topological polar surface area (TPSA) is 0 Å². The van der Waals surface area contributed by atoms with E-state index in [2.05, 4.69) is 217 Å². The second kappa shape index (κ2) is 15.9. The number of benzene rings is 6. The smallest absolute Gasteiger partial charge is 0.0348 e. The normalized spacial score (nSPS) is 12.3. The molecule has 6 aromatic carbocycles. The minimum Gasteiger partial charge on any atom is -0.144 e. The highest BCUT2D eigenvalue weighted by Gasteiger charge is 2.10. The van der Waals surface area contributed by atoms with Crippen LogP contribution in [0.1, 0.15) is 54.3 Å². The van der Waals surface area contributed by atoms with Gasteiger partial charge in [0.15, 0.2) is 0 Å². The third-order valence-corrected chi connectivity index (χ3v) is 11.0. The molecule has 0 atom stereocenters. The minimum absolute atomic E-state index is 1.17. The predicted molar refractivity (Wildman–Crippen MR) is 230 cm³/mol. The third-order valence-electron chi connectivity index (χ3n) is 9.17. The number of hydrogen-bond acceptors (Lipinski definition) is 2. The summed E-state index contributed by atoms with van der Waals surface area (Å²) in [6.45, 7) is 0. The van der Waals surface area contributed by atoms with Gasteiger partial charge in [-0.3, -0.25) is 0 Å². The standard InChI is InChI=1S/C50H36S2/c1-3-17-39(18-4-1)47(49-25-13-31-51-49)35-43-23-9-7-15-37(43)27-29-45-33-41-21-11-12-22-42(41)34-46(45)30-28-38-16-8-10-24-44(38)36-48(50-26-14-32-52-50)40-19-5-2-6-20-40/h1-36H. The molecule has 0 aliphatic heterocycles. The van der Waals surface area contributed by atoms with Gasteiger partial charge >= 0.3 is 0 Å². The molecule has 0 unspecified atom stereocenters. The van der Waals surface area contributed by atoms with Crippen LogP contribution in [0.4, 0.5) is 0 Å². The predicted octanol–water partition coefficient (Wildman–Crippen LogP) is 14.5. The van der Waals surface area contributed by atoms with Crippen LogP contribution in [0.3, 0.4) is 0 Å². The highest BCUT2D eigenvalue weighted by atomic mass is 32.1. The lowest BCUT2D eigenvalue weighted by atomic mass is 9.96. The van der Waals surface area contributed by atoms with Gasteiger partial charge in [0.2, 0.25) is 0 Å². The molecule has 2 heterocycles. The van der Waals surface area contributed by atoms with Gasteiger partial charge in [-0.2, -0.15) is 0 Å². The first-order valence-corrected chi connectivity index (χ1v) is 19.2. The molecule has 0 nitrogen and oxygen atoms in total. The van der Waals surface area contributed by atoms with Crippen LogP contribution in [0.5, 0.6) is 0 Å². The maximum Gasteiger partial charge on any atom is 0.0348 e. The van der Waals surface area contributed by atoms with E-state index in [1.807, 2.05) is 0 Å². The summed E-state index contributed by atoms with van der Waals surface area (Å²) >= 11 is 3.55. The Morgan fingerprint density at radius 3 is 1.10 bits per heavy atom. The summed E-state index contributed by atoms with van der Waals surface area (Å²) in [7, 11) is 0. The van der Waals surface area contributed by atoms with Crippen LogP contribution in [-0.4, -0.2) is 0 Å². The summed E-state index contributed by atoms with van der Waals surface area (Å²) in [5.41, 5.74) is 12.0. The van der Waals surface area contributed by atoms with E-state index < -0.39 is 0 Å². The average Bonchev–Trinajstić information content (AvgIpc) is 3.95. The monoisotopic (exact) mass is 700 g/mol. The van der Waals surface area contributed by atoms with Crippen LogP contribution < -0.4 is 0 Å². The van der Waals surface area contributed by atoms with Gasteiger partial charge in [-0.1, -0.05) is 170 Å². The Kier molecular flexibility index (Phi) is 10.1. The molecule has 0 saturated carbocycles. The Bertz CT molecular complexity index is 2350. The Hall–Kier alpha value is -6.06. The van der Waals surface area contributed by atoms with E-state index in [4.69, 9.17) is 0 Å². The molecule has 0 N–H and O–H groups in total. The van der Waals surface area contributed by atoms with E-state index in [0.29, 0.717) is 0 Å². The summed E-state index contributed by atoms with van der Waals surface area (Å²) < 4.78 is 0. The fraction of sp³-hybridized carbons (Fsp3) is 0. The van der Waals surface area contributed by atoms with E-state index >= 15 is 0 Å². The summed E-state index contributed by atoms with van der Waals surface area (Å²) in [4.78, 5) is 2.52. The largest absolute Gasteiger partial charge is 0.144 e. The second-order valence-corrected chi connectivity index (χ2v) is 14.5. The van der Waals surface area contributed by atoms with Crippen molar-refractivity contribution in [2.75, 3.05) is 0 Å². The van der Waals surface area contributed by atoms with Gasteiger partial charge in [-0.05, 0) is 114 Å². The van der Waals surface area contributed by atoms with Crippen LogP contribution in [0.2, 0.25) is 0 Å². The molecule has 0 bridgehead atoms. The van der Waals surface area contributed by atoms with Gasteiger partial charge in [-0.25, -0.2) is 0 Å². The summed E-state index contributed by atoms with van der Waals surface area (Å²) in [6.07, 6.45) is 13.7. The molecule has 0 saturated heterocycles. The van der Waals surface area contributed by atoms with Crippen LogP contribution in [-0.2, 0) is 0 Å². The molecule has 248 valence electrons. The molecule has 8 rings (SSSR count). The number of hydrogen-bond donors (Lipinski definition) is 0. The molecule has 0 aliphatic rings. The molecule has 2 heteroatoms. The summed E-state index contributed by atoms with van der Waals surface area (Å²) in [6, 6.07) is 60.5. The van der Waals surface area contributed by atoms with Gasteiger partial charge < -0.3 is 0 Å². The molecular formula is C50H36S2. The van der Waals surface area contributed by atoms with Crippen LogP contribution in [0.15, 0.2) is 181 Å². The highest BCUT2D eigenvalue weighted by Crippen LogP contribution is 2.33. The zero-order valence-corrected chi connectivity index (χ0v) is 30.2. The van der Waals surface area contributed by atoms with Crippen molar-refractivity contribution in [3.63, 3.8) is 0 Å². The van der Waals surface area contributed by atoms with Crippen LogP contribution >= 0.6 is 22.7 Å². The molecule has 0 fully saturated rings. The van der Waals surface area contributed by atoms with E-state index in [1.54, 1.807) is 22.7 Å². The minimum atomic E-state index is 1.17. The van der Waals surface area contributed by atoms with E-state index in [0.717, 1.165) is 0 Å².